The van der Waals surface area contributed by atoms with Gasteiger partial charge in [0.05, 0.1) is 26.5 Å². The highest BCUT2D eigenvalue weighted by Crippen LogP contribution is 2.28. The van der Waals surface area contributed by atoms with E-state index in [2.05, 4.69) is 23.1 Å². The number of unbranched alkanes of at least 4 members (excludes halogenated alkanes) is 1. The van der Waals surface area contributed by atoms with E-state index >= 15 is 0 Å². The molecule has 2 rings (SSSR count). The largest absolute Gasteiger partial charge is 0.493 e. The number of hydrogen-bond donors (Lipinski definition) is 3. The standard InChI is InChI=1S/C19H23N3O6/c1-3-4-9-27-14-8-7-13(11-16(14)26-2)18(24)22-21-17(23)12-20-19(25)15-6-5-10-28-15/h5-8,10-11H,3-4,9,12H2,1-2H3,(H,20,25)(H,21,23)(H,22,24). The second-order valence-corrected chi connectivity index (χ2v) is 5.73. The highest BCUT2D eigenvalue weighted by molar-refractivity contribution is 5.97. The van der Waals surface area contributed by atoms with Gasteiger partial charge in [-0.05, 0) is 36.8 Å². The molecule has 1 aromatic heterocycles. The first-order chi connectivity index (χ1) is 13.5. The molecule has 3 amide bonds. The first-order valence-corrected chi connectivity index (χ1v) is 8.76. The number of carbonyl (C=O) groups is 3. The van der Waals surface area contributed by atoms with Crippen molar-refractivity contribution in [3.05, 3.63) is 47.9 Å². The van der Waals surface area contributed by atoms with Crippen LogP contribution in [-0.4, -0.2) is 38.0 Å². The highest BCUT2D eigenvalue weighted by atomic mass is 16.5. The van der Waals surface area contributed by atoms with Crippen LogP contribution in [0.15, 0.2) is 41.0 Å². The van der Waals surface area contributed by atoms with Gasteiger partial charge in [-0.3, -0.25) is 25.2 Å². The molecule has 2 aromatic rings. The summed E-state index contributed by atoms with van der Waals surface area (Å²) in [4.78, 5) is 35.6. The van der Waals surface area contributed by atoms with E-state index in [9.17, 15) is 14.4 Å². The van der Waals surface area contributed by atoms with Gasteiger partial charge in [-0.15, -0.1) is 0 Å². The summed E-state index contributed by atoms with van der Waals surface area (Å²) in [6.07, 6.45) is 3.27. The monoisotopic (exact) mass is 389 g/mol. The van der Waals surface area contributed by atoms with Crippen LogP contribution in [0.2, 0.25) is 0 Å². The van der Waals surface area contributed by atoms with Gasteiger partial charge in [0.1, 0.15) is 0 Å². The molecule has 0 radical (unpaired) electrons. The zero-order valence-electron chi connectivity index (χ0n) is 15.7. The number of rotatable bonds is 9. The average Bonchev–Trinajstić information content (AvgIpc) is 3.25. The van der Waals surface area contributed by atoms with Gasteiger partial charge in [0, 0.05) is 5.56 Å². The van der Waals surface area contributed by atoms with Crippen LogP contribution in [0.1, 0.15) is 40.7 Å². The molecule has 28 heavy (non-hydrogen) atoms. The van der Waals surface area contributed by atoms with E-state index in [1.54, 1.807) is 18.2 Å². The van der Waals surface area contributed by atoms with Crippen LogP contribution in [0.25, 0.3) is 0 Å². The van der Waals surface area contributed by atoms with Gasteiger partial charge in [0.2, 0.25) is 0 Å². The van der Waals surface area contributed by atoms with Gasteiger partial charge in [-0.25, -0.2) is 0 Å². The second-order valence-electron chi connectivity index (χ2n) is 5.73. The van der Waals surface area contributed by atoms with Crippen molar-refractivity contribution in [3.63, 3.8) is 0 Å². The van der Waals surface area contributed by atoms with Crippen molar-refractivity contribution in [1.82, 2.24) is 16.2 Å². The minimum absolute atomic E-state index is 0.0881. The number of methoxy groups -OCH3 is 1. The van der Waals surface area contributed by atoms with E-state index in [0.29, 0.717) is 18.1 Å². The topological polar surface area (TPSA) is 119 Å². The SMILES string of the molecule is CCCCOc1ccc(C(=O)NNC(=O)CNC(=O)c2ccco2)cc1OC. The maximum atomic E-state index is 12.2. The van der Waals surface area contributed by atoms with E-state index in [0.717, 1.165) is 12.8 Å². The lowest BCUT2D eigenvalue weighted by atomic mass is 10.2. The fraction of sp³-hybridized carbons (Fsp3) is 0.316. The molecule has 1 heterocycles. The summed E-state index contributed by atoms with van der Waals surface area (Å²) in [5.74, 6) is -0.623. The number of nitrogens with one attached hydrogen (secondary N) is 3. The molecule has 0 saturated carbocycles. The Morgan fingerprint density at radius 2 is 1.89 bits per heavy atom. The molecule has 0 aliphatic carbocycles. The average molecular weight is 389 g/mol. The van der Waals surface area contributed by atoms with Gasteiger partial charge in [0.15, 0.2) is 17.3 Å². The Labute approximate surface area is 162 Å². The van der Waals surface area contributed by atoms with E-state index in [-0.39, 0.29) is 17.9 Å². The molecule has 9 nitrogen and oxygen atoms in total. The van der Waals surface area contributed by atoms with E-state index in [1.165, 1.54) is 25.5 Å². The van der Waals surface area contributed by atoms with Crippen molar-refractivity contribution in [1.29, 1.82) is 0 Å². The summed E-state index contributed by atoms with van der Waals surface area (Å²) in [6, 6.07) is 7.74. The van der Waals surface area contributed by atoms with Crippen molar-refractivity contribution >= 4 is 17.7 Å². The Morgan fingerprint density at radius 1 is 1.07 bits per heavy atom. The molecule has 3 N–H and O–H groups in total. The van der Waals surface area contributed by atoms with Crippen molar-refractivity contribution in [2.24, 2.45) is 0 Å². The summed E-state index contributed by atoms with van der Waals surface area (Å²) in [5.41, 5.74) is 4.77. The number of carbonyl (C=O) groups excluding carboxylic acids is 3. The van der Waals surface area contributed by atoms with Gasteiger partial charge < -0.3 is 19.2 Å². The summed E-state index contributed by atoms with van der Waals surface area (Å²) in [6.45, 7) is 2.29. The first kappa shape index (κ1) is 20.8. The number of benzene rings is 1. The minimum atomic E-state index is -0.597. The molecular formula is C19H23N3O6. The Morgan fingerprint density at radius 3 is 2.57 bits per heavy atom. The molecule has 0 bridgehead atoms. The van der Waals surface area contributed by atoms with E-state index in [4.69, 9.17) is 13.9 Å². The van der Waals surface area contributed by atoms with Crippen LogP contribution < -0.4 is 25.6 Å². The Kier molecular flexibility index (Phi) is 7.89. The van der Waals surface area contributed by atoms with Gasteiger partial charge in [-0.2, -0.15) is 0 Å². The van der Waals surface area contributed by atoms with Crippen LogP contribution in [0, 0.1) is 0 Å². The molecule has 1 aromatic carbocycles. The lowest BCUT2D eigenvalue weighted by Gasteiger charge is -2.12. The smallest absolute Gasteiger partial charge is 0.287 e. The van der Waals surface area contributed by atoms with Crippen LogP contribution in [0.5, 0.6) is 11.5 Å². The lowest BCUT2D eigenvalue weighted by Crippen LogP contribution is -2.46. The molecule has 0 saturated heterocycles. The van der Waals surface area contributed by atoms with Crippen LogP contribution in [0.3, 0.4) is 0 Å². The molecule has 9 heteroatoms. The maximum Gasteiger partial charge on any atom is 0.287 e. The number of hydrazine groups is 1. The normalized spacial score (nSPS) is 10.1. The van der Waals surface area contributed by atoms with Gasteiger partial charge in [0.25, 0.3) is 17.7 Å². The third kappa shape index (κ3) is 6.04. The van der Waals surface area contributed by atoms with Crippen molar-refractivity contribution < 1.29 is 28.3 Å². The minimum Gasteiger partial charge on any atom is -0.493 e. The molecule has 0 unspecified atom stereocenters. The van der Waals surface area contributed by atoms with Crippen molar-refractivity contribution in [2.45, 2.75) is 19.8 Å². The lowest BCUT2D eigenvalue weighted by molar-refractivity contribution is -0.120. The molecule has 0 aliphatic rings. The quantitative estimate of drug-likeness (QED) is 0.443. The first-order valence-electron chi connectivity index (χ1n) is 8.76. The Bertz CT molecular complexity index is 804. The molecular weight excluding hydrogens is 366 g/mol. The van der Waals surface area contributed by atoms with E-state index < -0.39 is 17.7 Å². The maximum absolute atomic E-state index is 12.2. The van der Waals surface area contributed by atoms with Crippen LogP contribution >= 0.6 is 0 Å². The molecule has 0 atom stereocenters. The number of furan rings is 1. The number of hydrogen-bond acceptors (Lipinski definition) is 6. The fourth-order valence-corrected chi connectivity index (χ4v) is 2.15. The summed E-state index contributed by atoms with van der Waals surface area (Å²) in [5, 5.41) is 2.37. The number of amides is 3. The fourth-order valence-electron chi connectivity index (χ4n) is 2.15. The summed E-state index contributed by atoms with van der Waals surface area (Å²) >= 11 is 0. The van der Waals surface area contributed by atoms with E-state index in [1.807, 2.05) is 0 Å². The molecule has 150 valence electrons. The van der Waals surface area contributed by atoms with Crippen LogP contribution in [0.4, 0.5) is 0 Å². The second kappa shape index (κ2) is 10.6. The van der Waals surface area contributed by atoms with Crippen molar-refractivity contribution in [3.8, 4) is 11.5 Å². The van der Waals surface area contributed by atoms with Crippen molar-refractivity contribution in [2.75, 3.05) is 20.3 Å². The predicted molar refractivity (Wildman–Crippen MR) is 100 cm³/mol. The molecule has 0 aliphatic heterocycles. The number of ether oxygens (including phenoxy) is 2. The van der Waals surface area contributed by atoms with Gasteiger partial charge in [-0.1, -0.05) is 13.3 Å². The zero-order chi connectivity index (χ0) is 20.4. The Hall–Kier alpha value is -3.49. The highest BCUT2D eigenvalue weighted by Gasteiger charge is 2.13. The summed E-state index contributed by atoms with van der Waals surface area (Å²) in [7, 11) is 1.48. The molecule has 0 fully saturated rings. The third-order valence-corrected chi connectivity index (χ3v) is 3.65. The van der Waals surface area contributed by atoms with Crippen LogP contribution in [-0.2, 0) is 4.79 Å². The van der Waals surface area contributed by atoms with Gasteiger partial charge >= 0.3 is 0 Å². The zero-order valence-corrected chi connectivity index (χ0v) is 15.7. The molecule has 0 spiro atoms. The summed E-state index contributed by atoms with van der Waals surface area (Å²) < 4.78 is 15.8. The third-order valence-electron chi connectivity index (χ3n) is 3.65. The predicted octanol–water partition coefficient (Wildman–Crippen LogP) is 1.66. The Balaban J connectivity index is 1.83.